The first-order valence-electron chi connectivity index (χ1n) is 6.28. The number of aliphatic imine (C=N–C) groups is 1. The predicted octanol–water partition coefficient (Wildman–Crippen LogP) is 4.26. The molecular weight excluding hydrogens is 286 g/mol. The smallest absolute Gasteiger partial charge is 0.258 e. The van der Waals surface area contributed by atoms with Crippen molar-refractivity contribution in [2.45, 2.75) is 6.92 Å². The van der Waals surface area contributed by atoms with Gasteiger partial charge in [-0.3, -0.25) is 10.1 Å². The van der Waals surface area contributed by atoms with Gasteiger partial charge in [0.15, 0.2) is 0 Å². The van der Waals surface area contributed by atoms with Crippen molar-refractivity contribution in [3.05, 3.63) is 63.7 Å². The molecule has 2 aromatic carbocycles. The third kappa shape index (κ3) is 2.80. The fourth-order valence-corrected chi connectivity index (χ4v) is 2.87. The van der Waals surface area contributed by atoms with Gasteiger partial charge in [0.1, 0.15) is 0 Å². The van der Waals surface area contributed by atoms with Crippen molar-refractivity contribution in [3.63, 3.8) is 0 Å². The lowest BCUT2D eigenvalue weighted by molar-refractivity contribution is -0.384. The van der Waals surface area contributed by atoms with Gasteiger partial charge in [-0.25, -0.2) is 9.98 Å². The van der Waals surface area contributed by atoms with Gasteiger partial charge in [0, 0.05) is 18.3 Å². The molecule has 5 nitrogen and oxygen atoms in total. The van der Waals surface area contributed by atoms with Gasteiger partial charge in [0.05, 0.1) is 15.1 Å². The van der Waals surface area contributed by atoms with Gasteiger partial charge in [-0.1, -0.05) is 35.6 Å². The number of nitrogens with zero attached hydrogens (tertiary/aromatic N) is 3. The van der Waals surface area contributed by atoms with Crippen LogP contribution in [-0.4, -0.2) is 16.1 Å². The number of nitro benzene ring substituents is 1. The van der Waals surface area contributed by atoms with Crippen LogP contribution in [0.4, 0.5) is 10.8 Å². The van der Waals surface area contributed by atoms with Crippen LogP contribution in [-0.2, 0) is 0 Å². The number of fused-ring (bicyclic) bond motifs is 1. The Labute approximate surface area is 124 Å². The molecule has 0 saturated heterocycles. The van der Waals surface area contributed by atoms with Gasteiger partial charge in [-0.2, -0.15) is 0 Å². The fraction of sp³-hybridized carbons (Fsp3) is 0.0667. The van der Waals surface area contributed by atoms with Crippen LogP contribution < -0.4 is 0 Å². The standard InChI is InChI=1S/C15H11N3O2S/c1-10-4-2-7-13-14(10)17-15(21-13)16-9-11-5-3-6-12(8-11)18(19)20/h2-9H,1H3/b16-9+. The predicted molar refractivity (Wildman–Crippen MR) is 84.7 cm³/mol. The minimum Gasteiger partial charge on any atom is -0.258 e. The third-order valence-corrected chi connectivity index (χ3v) is 3.94. The number of benzene rings is 2. The zero-order chi connectivity index (χ0) is 14.8. The van der Waals surface area contributed by atoms with E-state index in [-0.39, 0.29) is 5.69 Å². The van der Waals surface area contributed by atoms with Crippen LogP contribution >= 0.6 is 11.3 Å². The monoisotopic (exact) mass is 297 g/mol. The summed E-state index contributed by atoms with van der Waals surface area (Å²) >= 11 is 1.50. The van der Waals surface area contributed by atoms with Gasteiger partial charge in [0.2, 0.25) is 5.13 Å². The lowest BCUT2D eigenvalue weighted by Gasteiger charge is -1.93. The molecule has 3 aromatic rings. The molecule has 104 valence electrons. The molecule has 1 aromatic heterocycles. The number of thiazole rings is 1. The quantitative estimate of drug-likeness (QED) is 0.412. The Morgan fingerprint density at radius 1 is 1.29 bits per heavy atom. The van der Waals surface area contributed by atoms with Crippen LogP contribution in [0.3, 0.4) is 0 Å². The Balaban J connectivity index is 1.92. The molecule has 3 rings (SSSR count). The molecule has 0 spiro atoms. The molecule has 0 unspecified atom stereocenters. The Morgan fingerprint density at radius 2 is 2.10 bits per heavy atom. The van der Waals surface area contributed by atoms with Gasteiger partial charge in [-0.15, -0.1) is 0 Å². The molecule has 0 aliphatic heterocycles. The molecule has 0 N–H and O–H groups in total. The average molecular weight is 297 g/mol. The molecule has 0 amide bonds. The van der Waals surface area contributed by atoms with Crippen LogP contribution in [0.5, 0.6) is 0 Å². The van der Waals surface area contributed by atoms with Crippen LogP contribution in [0.2, 0.25) is 0 Å². The van der Waals surface area contributed by atoms with Crippen molar-refractivity contribution >= 4 is 38.6 Å². The second kappa shape index (κ2) is 5.41. The summed E-state index contributed by atoms with van der Waals surface area (Å²) in [6, 6.07) is 12.4. The highest BCUT2D eigenvalue weighted by atomic mass is 32.1. The molecular formula is C15H11N3O2S. The summed E-state index contributed by atoms with van der Waals surface area (Å²) in [6.45, 7) is 2.01. The zero-order valence-electron chi connectivity index (χ0n) is 11.2. The van der Waals surface area contributed by atoms with E-state index in [1.54, 1.807) is 18.3 Å². The van der Waals surface area contributed by atoms with E-state index in [4.69, 9.17) is 0 Å². The van der Waals surface area contributed by atoms with Crippen LogP contribution in [0.15, 0.2) is 47.5 Å². The molecule has 0 atom stereocenters. The number of non-ortho nitro benzene ring substituents is 1. The molecule has 6 heteroatoms. The van der Waals surface area contributed by atoms with Gasteiger partial charge in [-0.05, 0) is 24.1 Å². The van der Waals surface area contributed by atoms with E-state index in [0.717, 1.165) is 15.8 Å². The Bertz CT molecular complexity index is 855. The highest BCUT2D eigenvalue weighted by molar-refractivity contribution is 7.22. The second-order valence-electron chi connectivity index (χ2n) is 4.53. The van der Waals surface area contributed by atoms with E-state index in [1.165, 1.54) is 23.5 Å². The summed E-state index contributed by atoms with van der Waals surface area (Å²) in [5, 5.41) is 11.4. The summed E-state index contributed by atoms with van der Waals surface area (Å²) in [5.74, 6) is 0. The SMILES string of the molecule is Cc1cccc2sc(/N=C/c3cccc([N+](=O)[O-])c3)nc12. The summed E-state index contributed by atoms with van der Waals surface area (Å²) < 4.78 is 1.08. The van der Waals surface area contributed by atoms with E-state index >= 15 is 0 Å². The first-order chi connectivity index (χ1) is 10.1. The Morgan fingerprint density at radius 3 is 2.86 bits per heavy atom. The number of nitro groups is 1. The zero-order valence-corrected chi connectivity index (χ0v) is 12.0. The average Bonchev–Trinajstić information content (AvgIpc) is 2.90. The van der Waals surface area contributed by atoms with Crippen molar-refractivity contribution in [3.8, 4) is 0 Å². The molecule has 0 radical (unpaired) electrons. The summed E-state index contributed by atoms with van der Waals surface area (Å²) in [4.78, 5) is 19.1. The number of para-hydroxylation sites is 1. The molecule has 21 heavy (non-hydrogen) atoms. The molecule has 0 fully saturated rings. The summed E-state index contributed by atoms with van der Waals surface area (Å²) in [6.07, 6.45) is 1.60. The first-order valence-corrected chi connectivity index (χ1v) is 7.10. The molecule has 0 bridgehead atoms. The van der Waals surface area contributed by atoms with Crippen molar-refractivity contribution in [2.75, 3.05) is 0 Å². The molecule has 0 saturated carbocycles. The largest absolute Gasteiger partial charge is 0.270 e. The van der Waals surface area contributed by atoms with E-state index in [9.17, 15) is 10.1 Å². The van der Waals surface area contributed by atoms with E-state index < -0.39 is 4.92 Å². The maximum absolute atomic E-state index is 10.7. The lowest BCUT2D eigenvalue weighted by atomic mass is 10.2. The van der Waals surface area contributed by atoms with Crippen molar-refractivity contribution < 1.29 is 4.92 Å². The minimum absolute atomic E-state index is 0.0547. The van der Waals surface area contributed by atoms with Crippen molar-refractivity contribution in [1.82, 2.24) is 4.98 Å². The van der Waals surface area contributed by atoms with E-state index in [0.29, 0.717) is 10.7 Å². The molecule has 0 aliphatic carbocycles. The van der Waals surface area contributed by atoms with Crippen molar-refractivity contribution in [2.24, 2.45) is 4.99 Å². The normalized spacial score (nSPS) is 11.3. The third-order valence-electron chi connectivity index (χ3n) is 3.01. The number of aryl methyl sites for hydroxylation is 1. The van der Waals surface area contributed by atoms with Crippen molar-refractivity contribution in [1.29, 1.82) is 0 Å². The highest BCUT2D eigenvalue weighted by Gasteiger charge is 2.06. The maximum atomic E-state index is 10.7. The summed E-state index contributed by atoms with van der Waals surface area (Å²) in [5.41, 5.74) is 2.80. The number of hydrogen-bond acceptors (Lipinski definition) is 5. The lowest BCUT2D eigenvalue weighted by Crippen LogP contribution is -1.89. The topological polar surface area (TPSA) is 68.4 Å². The number of aromatic nitrogens is 1. The fourth-order valence-electron chi connectivity index (χ4n) is 1.98. The molecule has 0 aliphatic rings. The van der Waals surface area contributed by atoms with Gasteiger partial charge in [0.25, 0.3) is 5.69 Å². The van der Waals surface area contributed by atoms with Gasteiger partial charge >= 0.3 is 0 Å². The van der Waals surface area contributed by atoms with E-state index in [2.05, 4.69) is 9.98 Å². The Kier molecular flexibility index (Phi) is 3.45. The summed E-state index contributed by atoms with van der Waals surface area (Å²) in [7, 11) is 0. The highest BCUT2D eigenvalue weighted by Crippen LogP contribution is 2.29. The minimum atomic E-state index is -0.418. The van der Waals surface area contributed by atoms with Gasteiger partial charge < -0.3 is 0 Å². The van der Waals surface area contributed by atoms with Crippen LogP contribution in [0.25, 0.3) is 10.2 Å². The number of rotatable bonds is 3. The number of hydrogen-bond donors (Lipinski definition) is 0. The van der Waals surface area contributed by atoms with Crippen LogP contribution in [0.1, 0.15) is 11.1 Å². The van der Waals surface area contributed by atoms with Crippen LogP contribution in [0, 0.1) is 17.0 Å². The first kappa shape index (κ1) is 13.4. The molecule has 1 heterocycles. The maximum Gasteiger partial charge on any atom is 0.270 e. The second-order valence-corrected chi connectivity index (χ2v) is 5.54. The van der Waals surface area contributed by atoms with E-state index in [1.807, 2.05) is 25.1 Å². The Hall–Kier alpha value is -2.60.